The number of aromatic nitrogens is 2. The van der Waals surface area contributed by atoms with Crippen LogP contribution < -0.4 is 5.56 Å². The third kappa shape index (κ3) is 3.11. The van der Waals surface area contributed by atoms with Crippen LogP contribution in [-0.2, 0) is 4.74 Å². The highest BCUT2D eigenvalue weighted by molar-refractivity contribution is 7.99. The molecule has 0 saturated carbocycles. The number of H-pyrrole nitrogens is 1. The van der Waals surface area contributed by atoms with Crippen LogP contribution in [0.4, 0.5) is 4.39 Å². The molecule has 1 aliphatic rings. The second kappa shape index (κ2) is 6.66. The molecular weight excluding hydrogens is 347 g/mol. The molecule has 0 bridgehead atoms. The molecule has 0 spiro atoms. The Morgan fingerprint density at radius 1 is 1.38 bits per heavy atom. The molecule has 0 unspecified atom stereocenters. The van der Waals surface area contributed by atoms with Gasteiger partial charge in [-0.1, -0.05) is 23.9 Å². The van der Waals surface area contributed by atoms with Crippen molar-refractivity contribution < 1.29 is 9.13 Å². The van der Waals surface area contributed by atoms with Gasteiger partial charge < -0.3 is 9.72 Å². The summed E-state index contributed by atoms with van der Waals surface area (Å²) in [7, 11) is 0. The summed E-state index contributed by atoms with van der Waals surface area (Å²) in [5.41, 5.74) is 1.45. The Balaban J connectivity index is 1.65. The molecule has 1 aromatic carbocycles. The van der Waals surface area contributed by atoms with Gasteiger partial charge in [0.05, 0.1) is 11.5 Å². The molecule has 2 aromatic heterocycles. The van der Waals surface area contributed by atoms with E-state index in [1.807, 2.05) is 5.38 Å². The molecule has 7 heteroatoms. The minimum absolute atomic E-state index is 0.157. The van der Waals surface area contributed by atoms with Gasteiger partial charge in [0.15, 0.2) is 5.16 Å². The first-order chi connectivity index (χ1) is 11.7. The molecule has 1 saturated heterocycles. The van der Waals surface area contributed by atoms with Crippen molar-refractivity contribution in [3.63, 3.8) is 0 Å². The van der Waals surface area contributed by atoms with Crippen LogP contribution >= 0.6 is 23.1 Å². The SMILES string of the molecule is O=c1[nH]c(SC[C@@H]2CCCO2)nc2scc(-c3ccc(F)cc3)c12. The second-order valence-electron chi connectivity index (χ2n) is 5.65. The van der Waals surface area contributed by atoms with Gasteiger partial charge >= 0.3 is 0 Å². The molecule has 1 aliphatic heterocycles. The van der Waals surface area contributed by atoms with E-state index in [1.54, 1.807) is 12.1 Å². The van der Waals surface area contributed by atoms with Crippen molar-refractivity contribution >= 4 is 33.3 Å². The lowest BCUT2D eigenvalue weighted by atomic mass is 10.1. The number of hydrogen-bond acceptors (Lipinski definition) is 5. The molecule has 4 nitrogen and oxygen atoms in total. The van der Waals surface area contributed by atoms with E-state index in [-0.39, 0.29) is 17.5 Å². The maximum atomic E-state index is 13.1. The van der Waals surface area contributed by atoms with E-state index in [0.29, 0.717) is 15.4 Å². The van der Waals surface area contributed by atoms with Crippen LogP contribution in [0.5, 0.6) is 0 Å². The van der Waals surface area contributed by atoms with Gasteiger partial charge in [-0.05, 0) is 30.5 Å². The highest BCUT2D eigenvalue weighted by Crippen LogP contribution is 2.32. The first kappa shape index (κ1) is 15.8. The molecule has 3 heterocycles. The van der Waals surface area contributed by atoms with Crippen LogP contribution in [0.2, 0.25) is 0 Å². The average molecular weight is 362 g/mol. The smallest absolute Gasteiger partial charge is 0.260 e. The van der Waals surface area contributed by atoms with Crippen LogP contribution in [0, 0.1) is 5.82 Å². The molecule has 1 N–H and O–H groups in total. The Bertz CT molecular complexity index is 914. The highest BCUT2D eigenvalue weighted by atomic mass is 32.2. The summed E-state index contributed by atoms with van der Waals surface area (Å²) < 4.78 is 18.7. The standard InChI is InChI=1S/C17H15FN2O2S2/c18-11-5-3-10(4-6-11)13-9-23-16-14(13)15(21)19-17(20-16)24-8-12-2-1-7-22-12/h3-6,9,12H,1-2,7-8H2,(H,19,20,21)/t12-/m0/s1. The number of nitrogens with one attached hydrogen (secondary N) is 1. The normalized spacial score (nSPS) is 17.6. The summed E-state index contributed by atoms with van der Waals surface area (Å²) in [5, 5.41) is 3.08. The van der Waals surface area contributed by atoms with E-state index in [0.717, 1.165) is 36.3 Å². The van der Waals surface area contributed by atoms with Gasteiger partial charge in [0.1, 0.15) is 10.6 Å². The second-order valence-corrected chi connectivity index (χ2v) is 7.52. The number of halogens is 1. The topological polar surface area (TPSA) is 55.0 Å². The Kier molecular flexibility index (Phi) is 4.39. The lowest BCUT2D eigenvalue weighted by Gasteiger charge is -2.07. The molecule has 24 heavy (non-hydrogen) atoms. The molecule has 3 aromatic rings. The summed E-state index contributed by atoms with van der Waals surface area (Å²) in [6.45, 7) is 0.820. The van der Waals surface area contributed by atoms with Crippen molar-refractivity contribution in [1.82, 2.24) is 9.97 Å². The predicted octanol–water partition coefficient (Wildman–Crippen LogP) is 4.06. The summed E-state index contributed by atoms with van der Waals surface area (Å²) in [6, 6.07) is 6.14. The molecule has 1 fully saturated rings. The predicted molar refractivity (Wildman–Crippen MR) is 95.3 cm³/mol. The lowest BCUT2D eigenvalue weighted by molar-refractivity contribution is 0.129. The van der Waals surface area contributed by atoms with E-state index in [2.05, 4.69) is 9.97 Å². The third-order valence-corrected chi connectivity index (χ3v) is 5.88. The van der Waals surface area contributed by atoms with Crippen molar-refractivity contribution in [1.29, 1.82) is 0 Å². The molecular formula is C17H15FN2O2S2. The van der Waals surface area contributed by atoms with Crippen LogP contribution in [-0.4, -0.2) is 28.4 Å². The van der Waals surface area contributed by atoms with Gasteiger partial charge in [-0.3, -0.25) is 4.79 Å². The summed E-state index contributed by atoms with van der Waals surface area (Å²) in [4.78, 5) is 20.6. The van der Waals surface area contributed by atoms with Crippen molar-refractivity contribution in [3.05, 3.63) is 45.8 Å². The zero-order valence-electron chi connectivity index (χ0n) is 12.8. The van der Waals surface area contributed by atoms with Gasteiger partial charge in [0, 0.05) is 23.3 Å². The Morgan fingerprint density at radius 2 is 2.21 bits per heavy atom. The highest BCUT2D eigenvalue weighted by Gasteiger charge is 2.17. The van der Waals surface area contributed by atoms with Gasteiger partial charge in [0.25, 0.3) is 5.56 Å². The largest absolute Gasteiger partial charge is 0.377 e. The van der Waals surface area contributed by atoms with Crippen LogP contribution in [0.3, 0.4) is 0 Å². The molecule has 0 aliphatic carbocycles. The minimum atomic E-state index is -0.293. The van der Waals surface area contributed by atoms with Gasteiger partial charge in [0.2, 0.25) is 0 Å². The fraction of sp³-hybridized carbons (Fsp3) is 0.294. The maximum absolute atomic E-state index is 13.1. The number of benzene rings is 1. The third-order valence-electron chi connectivity index (χ3n) is 4.01. The maximum Gasteiger partial charge on any atom is 0.260 e. The van der Waals surface area contributed by atoms with Crippen LogP contribution in [0.1, 0.15) is 12.8 Å². The Labute approximate surface area is 146 Å². The van der Waals surface area contributed by atoms with Gasteiger partial charge in [-0.15, -0.1) is 11.3 Å². The number of thioether (sulfide) groups is 1. The number of rotatable bonds is 4. The lowest BCUT2D eigenvalue weighted by Crippen LogP contribution is -2.12. The molecule has 1 atom stereocenters. The van der Waals surface area contributed by atoms with Gasteiger partial charge in [-0.25, -0.2) is 9.37 Å². The van der Waals surface area contributed by atoms with Crippen LogP contribution in [0.25, 0.3) is 21.3 Å². The van der Waals surface area contributed by atoms with Gasteiger partial charge in [-0.2, -0.15) is 0 Å². The number of fused-ring (bicyclic) bond motifs is 1. The average Bonchev–Trinajstić information content (AvgIpc) is 3.23. The van der Waals surface area contributed by atoms with Crippen molar-refractivity contribution in [2.75, 3.05) is 12.4 Å². The summed E-state index contributed by atoms with van der Waals surface area (Å²) in [6.07, 6.45) is 2.40. The Hall–Kier alpha value is -1.70. The molecule has 0 amide bonds. The van der Waals surface area contributed by atoms with E-state index in [1.165, 1.54) is 35.2 Å². The summed E-state index contributed by atoms with van der Waals surface area (Å²) >= 11 is 2.95. The van der Waals surface area contributed by atoms with Crippen molar-refractivity contribution in [2.24, 2.45) is 0 Å². The zero-order chi connectivity index (χ0) is 16.5. The monoisotopic (exact) mass is 362 g/mol. The number of aromatic amines is 1. The van der Waals surface area contributed by atoms with Crippen molar-refractivity contribution in [2.45, 2.75) is 24.1 Å². The summed E-state index contributed by atoms with van der Waals surface area (Å²) in [5.74, 6) is 0.503. The first-order valence-electron chi connectivity index (χ1n) is 7.72. The fourth-order valence-corrected chi connectivity index (χ4v) is 4.72. The molecule has 0 radical (unpaired) electrons. The van der Waals surface area contributed by atoms with E-state index < -0.39 is 0 Å². The molecule has 124 valence electrons. The zero-order valence-corrected chi connectivity index (χ0v) is 14.4. The van der Waals surface area contributed by atoms with Crippen LogP contribution in [0.15, 0.2) is 39.6 Å². The molecule has 4 rings (SSSR count). The number of ether oxygens (including phenoxy) is 1. The minimum Gasteiger partial charge on any atom is -0.377 e. The van der Waals surface area contributed by atoms with E-state index in [9.17, 15) is 9.18 Å². The van der Waals surface area contributed by atoms with E-state index >= 15 is 0 Å². The number of nitrogens with zero attached hydrogens (tertiary/aromatic N) is 1. The quantitative estimate of drug-likeness (QED) is 0.562. The van der Waals surface area contributed by atoms with Crippen molar-refractivity contribution in [3.8, 4) is 11.1 Å². The number of thiophene rings is 1. The number of hydrogen-bond donors (Lipinski definition) is 1. The fourth-order valence-electron chi connectivity index (χ4n) is 2.79. The Morgan fingerprint density at radius 3 is 2.96 bits per heavy atom. The van der Waals surface area contributed by atoms with E-state index in [4.69, 9.17) is 4.74 Å². The first-order valence-corrected chi connectivity index (χ1v) is 9.59.